The smallest absolute Gasteiger partial charge is 0.352 e. The molecule has 0 saturated heterocycles. The molecule has 2 rings (SSSR count). The molecule has 5 nitrogen and oxygen atoms in total. The molecule has 2 amide bonds. The molecule has 0 aliphatic rings. The third-order valence-electron chi connectivity index (χ3n) is 3.01. The van der Waals surface area contributed by atoms with Crippen LogP contribution < -0.4 is 10.6 Å². The van der Waals surface area contributed by atoms with Crippen molar-refractivity contribution < 1.29 is 22.8 Å². The van der Waals surface area contributed by atoms with Crippen molar-refractivity contribution in [3.8, 4) is 0 Å². The summed E-state index contributed by atoms with van der Waals surface area (Å²) in [5, 5.41) is 4.80. The van der Waals surface area contributed by atoms with Gasteiger partial charge in [0, 0.05) is 24.6 Å². The van der Waals surface area contributed by atoms with Crippen LogP contribution in [-0.4, -0.2) is 16.8 Å². The van der Waals surface area contributed by atoms with Crippen molar-refractivity contribution in [2.75, 3.05) is 5.32 Å². The first-order valence-corrected chi connectivity index (χ1v) is 6.97. The number of nitrogens with zero attached hydrogens (tertiary/aromatic N) is 1. The molecule has 0 spiro atoms. The molecule has 0 aliphatic carbocycles. The lowest BCUT2D eigenvalue weighted by molar-refractivity contribution is -0.137. The Bertz CT molecular complexity index is 718. The Kier molecular flexibility index (Phi) is 5.51. The topological polar surface area (TPSA) is 71.1 Å². The van der Waals surface area contributed by atoms with Gasteiger partial charge >= 0.3 is 6.18 Å². The van der Waals surface area contributed by atoms with Gasteiger partial charge in [0.25, 0.3) is 0 Å². The molecule has 2 aromatic rings. The highest BCUT2D eigenvalue weighted by molar-refractivity contribution is 6.03. The SMILES string of the molecule is O=C(CC(=O)Nc1cccc(C(F)(F)F)c1)NCc1cccnc1. The first-order chi connectivity index (χ1) is 11.3. The van der Waals surface area contributed by atoms with Crippen molar-refractivity contribution in [3.63, 3.8) is 0 Å². The summed E-state index contributed by atoms with van der Waals surface area (Å²) >= 11 is 0. The lowest BCUT2D eigenvalue weighted by atomic mass is 10.2. The highest BCUT2D eigenvalue weighted by Gasteiger charge is 2.30. The predicted octanol–water partition coefficient (Wildman–Crippen LogP) is 2.75. The molecule has 24 heavy (non-hydrogen) atoms. The summed E-state index contributed by atoms with van der Waals surface area (Å²) in [6.07, 6.45) is -1.82. The van der Waals surface area contributed by atoms with Crippen molar-refractivity contribution in [2.24, 2.45) is 0 Å². The molecule has 8 heteroatoms. The normalized spacial score (nSPS) is 11.0. The maximum Gasteiger partial charge on any atom is 0.416 e. The van der Waals surface area contributed by atoms with Crippen LogP contribution in [0.5, 0.6) is 0 Å². The van der Waals surface area contributed by atoms with Gasteiger partial charge in [0.15, 0.2) is 0 Å². The van der Waals surface area contributed by atoms with E-state index in [2.05, 4.69) is 15.6 Å². The Morgan fingerprint density at radius 3 is 2.54 bits per heavy atom. The molecular formula is C16H14F3N3O2. The number of alkyl halides is 3. The van der Waals surface area contributed by atoms with Crippen LogP contribution in [0.25, 0.3) is 0 Å². The van der Waals surface area contributed by atoms with Gasteiger partial charge in [-0.2, -0.15) is 13.2 Å². The minimum atomic E-state index is -4.50. The van der Waals surface area contributed by atoms with Crippen LogP contribution in [0.4, 0.5) is 18.9 Å². The van der Waals surface area contributed by atoms with Gasteiger partial charge in [0.2, 0.25) is 11.8 Å². The molecule has 0 bridgehead atoms. The Morgan fingerprint density at radius 2 is 1.88 bits per heavy atom. The minimum absolute atomic E-state index is 0.0186. The van der Waals surface area contributed by atoms with E-state index in [0.29, 0.717) is 0 Å². The molecule has 0 fully saturated rings. The van der Waals surface area contributed by atoms with E-state index in [1.807, 2.05) is 0 Å². The van der Waals surface area contributed by atoms with Crippen LogP contribution >= 0.6 is 0 Å². The molecule has 1 aromatic heterocycles. The highest BCUT2D eigenvalue weighted by Crippen LogP contribution is 2.30. The van der Waals surface area contributed by atoms with Gasteiger partial charge in [-0.15, -0.1) is 0 Å². The average molecular weight is 337 g/mol. The van der Waals surface area contributed by atoms with Crippen LogP contribution in [0.3, 0.4) is 0 Å². The fourth-order valence-electron chi connectivity index (χ4n) is 1.89. The Morgan fingerprint density at radius 1 is 1.08 bits per heavy atom. The van der Waals surface area contributed by atoms with Crippen molar-refractivity contribution >= 4 is 17.5 Å². The van der Waals surface area contributed by atoms with Crippen LogP contribution in [0.1, 0.15) is 17.5 Å². The molecule has 1 heterocycles. The van der Waals surface area contributed by atoms with Gasteiger partial charge in [-0.3, -0.25) is 14.6 Å². The maximum atomic E-state index is 12.6. The number of aromatic nitrogens is 1. The number of halogens is 3. The standard InChI is InChI=1S/C16H14F3N3O2/c17-16(18,19)12-4-1-5-13(7-12)22-15(24)8-14(23)21-10-11-3-2-6-20-9-11/h1-7,9H,8,10H2,(H,21,23)(H,22,24). The van der Waals surface area contributed by atoms with E-state index in [1.54, 1.807) is 24.5 Å². The number of hydrogen-bond acceptors (Lipinski definition) is 3. The number of nitrogens with one attached hydrogen (secondary N) is 2. The molecule has 0 atom stereocenters. The second-order valence-electron chi connectivity index (χ2n) is 4.94. The zero-order chi connectivity index (χ0) is 17.6. The van der Waals surface area contributed by atoms with Crippen molar-refractivity contribution in [1.29, 1.82) is 0 Å². The van der Waals surface area contributed by atoms with E-state index in [1.165, 1.54) is 12.1 Å². The zero-order valence-electron chi connectivity index (χ0n) is 12.4. The van der Waals surface area contributed by atoms with Crippen molar-refractivity contribution in [3.05, 3.63) is 59.9 Å². The largest absolute Gasteiger partial charge is 0.416 e. The second kappa shape index (κ2) is 7.58. The molecular weight excluding hydrogens is 323 g/mol. The summed E-state index contributed by atoms with van der Waals surface area (Å²) in [5.41, 5.74) is -0.125. The minimum Gasteiger partial charge on any atom is -0.352 e. The molecule has 0 saturated carbocycles. The number of amides is 2. The number of rotatable bonds is 5. The number of benzene rings is 1. The summed E-state index contributed by atoms with van der Waals surface area (Å²) in [6, 6.07) is 7.68. The quantitative estimate of drug-likeness (QED) is 0.824. The lowest BCUT2D eigenvalue weighted by Crippen LogP contribution is -2.27. The van der Waals surface area contributed by atoms with Crippen LogP contribution in [-0.2, 0) is 22.3 Å². The Labute approximate surface area is 135 Å². The van der Waals surface area contributed by atoms with E-state index in [0.717, 1.165) is 17.7 Å². The van der Waals surface area contributed by atoms with Gasteiger partial charge in [0.05, 0.1) is 5.56 Å². The Balaban J connectivity index is 1.85. The number of hydrogen-bond donors (Lipinski definition) is 2. The van der Waals surface area contributed by atoms with E-state index >= 15 is 0 Å². The average Bonchev–Trinajstić information content (AvgIpc) is 2.53. The first-order valence-electron chi connectivity index (χ1n) is 6.97. The number of carbonyl (C=O) groups excluding carboxylic acids is 2. The molecule has 0 radical (unpaired) electrons. The van der Waals surface area contributed by atoms with Gasteiger partial charge in [-0.25, -0.2) is 0 Å². The summed E-state index contributed by atoms with van der Waals surface area (Å²) in [4.78, 5) is 27.3. The number of pyridine rings is 1. The molecule has 0 aliphatic heterocycles. The predicted molar refractivity (Wildman–Crippen MR) is 80.8 cm³/mol. The van der Waals surface area contributed by atoms with Crippen molar-refractivity contribution in [2.45, 2.75) is 19.1 Å². The zero-order valence-corrected chi connectivity index (χ0v) is 12.4. The fraction of sp³-hybridized carbons (Fsp3) is 0.188. The third kappa shape index (κ3) is 5.38. The summed E-state index contributed by atoms with van der Waals surface area (Å²) in [7, 11) is 0. The van der Waals surface area contributed by atoms with Crippen molar-refractivity contribution in [1.82, 2.24) is 10.3 Å². The summed E-state index contributed by atoms with van der Waals surface area (Å²) < 4.78 is 37.8. The second-order valence-corrected chi connectivity index (χ2v) is 4.94. The monoisotopic (exact) mass is 337 g/mol. The molecule has 2 N–H and O–H groups in total. The van der Waals surface area contributed by atoms with Gasteiger partial charge in [0.1, 0.15) is 6.42 Å². The summed E-state index contributed by atoms with van der Waals surface area (Å²) in [5.74, 6) is -1.23. The highest BCUT2D eigenvalue weighted by atomic mass is 19.4. The fourth-order valence-corrected chi connectivity index (χ4v) is 1.89. The number of anilines is 1. The number of carbonyl (C=O) groups is 2. The van der Waals surface area contributed by atoms with Crippen LogP contribution in [0.2, 0.25) is 0 Å². The molecule has 1 aromatic carbocycles. The van der Waals surface area contributed by atoms with E-state index in [-0.39, 0.29) is 12.2 Å². The van der Waals surface area contributed by atoms with Gasteiger partial charge < -0.3 is 10.6 Å². The van der Waals surface area contributed by atoms with Gasteiger partial charge in [-0.1, -0.05) is 12.1 Å². The Hall–Kier alpha value is -2.90. The lowest BCUT2D eigenvalue weighted by Gasteiger charge is -2.10. The molecule has 0 unspecified atom stereocenters. The van der Waals surface area contributed by atoms with Crippen LogP contribution in [0.15, 0.2) is 48.8 Å². The summed E-state index contributed by atoms with van der Waals surface area (Å²) in [6.45, 7) is 0.212. The van der Waals surface area contributed by atoms with E-state index in [4.69, 9.17) is 0 Å². The first kappa shape index (κ1) is 17.5. The van der Waals surface area contributed by atoms with E-state index in [9.17, 15) is 22.8 Å². The van der Waals surface area contributed by atoms with Crippen LogP contribution in [0, 0.1) is 0 Å². The maximum absolute atomic E-state index is 12.6. The van der Waals surface area contributed by atoms with Gasteiger partial charge in [-0.05, 0) is 29.8 Å². The third-order valence-corrected chi connectivity index (χ3v) is 3.01. The van der Waals surface area contributed by atoms with E-state index < -0.39 is 30.0 Å². The molecule has 126 valence electrons.